The summed E-state index contributed by atoms with van der Waals surface area (Å²) in [5.74, 6) is -0.755. The topological polar surface area (TPSA) is 110 Å². The van der Waals surface area contributed by atoms with Crippen molar-refractivity contribution in [1.82, 2.24) is 4.98 Å². The van der Waals surface area contributed by atoms with Crippen LogP contribution in [0.2, 0.25) is 0 Å². The molecule has 0 N–H and O–H groups in total. The van der Waals surface area contributed by atoms with Crippen LogP contribution in [-0.2, 0) is 0 Å². The number of amides is 2. The van der Waals surface area contributed by atoms with Gasteiger partial charge in [0.05, 0.1) is 37.7 Å². The van der Waals surface area contributed by atoms with E-state index in [-0.39, 0.29) is 29.0 Å². The molecule has 162 valence electrons. The molecule has 1 aliphatic heterocycles. The van der Waals surface area contributed by atoms with Crippen molar-refractivity contribution in [3.63, 3.8) is 0 Å². The first-order chi connectivity index (χ1) is 15.9. The molecule has 2 heterocycles. The van der Waals surface area contributed by atoms with Gasteiger partial charge in [0.25, 0.3) is 17.5 Å². The molecule has 0 aliphatic carbocycles. The van der Waals surface area contributed by atoms with Gasteiger partial charge in [-0.15, -0.1) is 11.3 Å². The molecule has 8 nitrogen and oxygen atoms in total. The lowest BCUT2D eigenvalue weighted by molar-refractivity contribution is -0.384. The molecular weight excluding hydrogens is 462 g/mol. The van der Waals surface area contributed by atoms with Crippen molar-refractivity contribution in [3.8, 4) is 0 Å². The van der Waals surface area contributed by atoms with E-state index in [9.17, 15) is 24.5 Å². The van der Waals surface area contributed by atoms with Gasteiger partial charge in [0.1, 0.15) is 0 Å². The molecule has 0 unspecified atom stereocenters. The van der Waals surface area contributed by atoms with Gasteiger partial charge < -0.3 is 0 Å². The Kier molecular flexibility index (Phi) is 5.23. The summed E-state index contributed by atoms with van der Waals surface area (Å²) in [6.45, 7) is 0. The molecule has 0 spiro atoms. The number of rotatable bonds is 6. The average molecular weight is 476 g/mol. The van der Waals surface area contributed by atoms with Crippen LogP contribution in [-0.4, -0.2) is 33.3 Å². The maximum Gasteiger partial charge on any atom is 0.269 e. The maximum atomic E-state index is 12.7. The zero-order chi connectivity index (χ0) is 23.1. The number of Topliss-reactive ketones (excluding diaryl/α,β-unsaturated/α-hetero) is 1. The highest BCUT2D eigenvalue weighted by atomic mass is 32.2. The molecule has 33 heavy (non-hydrogen) atoms. The fraction of sp³-hybridized carbons (Fsp3) is 0.0435. The standard InChI is InChI=1S/C23H13N3O5S2/c27-19(13-5-7-14(8-6-13)26(30)31)12-32-23-24-18-10-9-15(11-20(18)33-23)25-21(28)16-3-1-2-4-17(16)22(25)29/h1-11H,12H2. The lowest BCUT2D eigenvalue weighted by atomic mass is 10.1. The van der Waals surface area contributed by atoms with E-state index in [1.54, 1.807) is 42.5 Å². The number of benzene rings is 3. The zero-order valence-electron chi connectivity index (χ0n) is 16.8. The quantitative estimate of drug-likeness (QED) is 0.127. The predicted octanol–water partition coefficient (Wildman–Crippen LogP) is 4.98. The van der Waals surface area contributed by atoms with Crippen molar-refractivity contribution in [3.05, 3.63) is 93.5 Å². The smallest absolute Gasteiger partial charge is 0.269 e. The first-order valence-electron chi connectivity index (χ1n) is 9.71. The minimum atomic E-state index is -0.514. The third kappa shape index (κ3) is 3.79. The molecule has 1 aliphatic rings. The van der Waals surface area contributed by atoms with Gasteiger partial charge in [-0.1, -0.05) is 23.9 Å². The Morgan fingerprint density at radius 1 is 1.00 bits per heavy atom. The average Bonchev–Trinajstić information content (AvgIpc) is 3.35. The fourth-order valence-electron chi connectivity index (χ4n) is 3.50. The molecule has 2 amide bonds. The number of non-ortho nitro benzene ring substituents is 1. The summed E-state index contributed by atoms with van der Waals surface area (Å²) >= 11 is 2.63. The lowest BCUT2D eigenvalue weighted by Gasteiger charge is -2.13. The summed E-state index contributed by atoms with van der Waals surface area (Å²) in [5, 5.41) is 10.7. The van der Waals surface area contributed by atoms with E-state index < -0.39 is 4.92 Å². The second-order valence-electron chi connectivity index (χ2n) is 7.14. The number of carbonyl (C=O) groups excluding carboxylic acids is 3. The third-order valence-electron chi connectivity index (χ3n) is 5.13. The van der Waals surface area contributed by atoms with E-state index in [2.05, 4.69) is 4.98 Å². The van der Waals surface area contributed by atoms with Crippen LogP contribution in [0.1, 0.15) is 31.1 Å². The number of carbonyl (C=O) groups is 3. The first kappa shape index (κ1) is 21.0. The number of thioether (sulfide) groups is 1. The molecule has 0 radical (unpaired) electrons. The first-order valence-corrected chi connectivity index (χ1v) is 11.5. The van der Waals surface area contributed by atoms with Crippen molar-refractivity contribution >= 4 is 62.3 Å². The van der Waals surface area contributed by atoms with Crippen LogP contribution in [0.15, 0.2) is 71.1 Å². The van der Waals surface area contributed by atoms with E-state index in [0.717, 1.165) is 9.60 Å². The van der Waals surface area contributed by atoms with Gasteiger partial charge in [0.15, 0.2) is 10.1 Å². The van der Waals surface area contributed by atoms with Crippen molar-refractivity contribution in [2.45, 2.75) is 4.34 Å². The Morgan fingerprint density at radius 2 is 1.67 bits per heavy atom. The Bertz CT molecular complexity index is 1430. The van der Waals surface area contributed by atoms with Crippen molar-refractivity contribution < 1.29 is 19.3 Å². The summed E-state index contributed by atoms with van der Waals surface area (Å²) in [5.41, 5.74) is 2.25. The van der Waals surface area contributed by atoms with Gasteiger partial charge in [-0.3, -0.25) is 24.5 Å². The second kappa shape index (κ2) is 8.23. The minimum Gasteiger partial charge on any atom is -0.293 e. The Labute approximate surface area is 195 Å². The Balaban J connectivity index is 1.33. The summed E-state index contributed by atoms with van der Waals surface area (Å²) < 4.78 is 1.45. The van der Waals surface area contributed by atoms with Crippen LogP contribution >= 0.6 is 23.1 Å². The molecule has 4 aromatic rings. The molecular formula is C23H13N3O5S2. The molecule has 0 bridgehead atoms. The molecule has 0 atom stereocenters. The number of hydrogen-bond acceptors (Lipinski definition) is 8. The highest BCUT2D eigenvalue weighted by Gasteiger charge is 2.36. The van der Waals surface area contributed by atoms with Gasteiger partial charge >= 0.3 is 0 Å². The summed E-state index contributed by atoms with van der Waals surface area (Å²) in [6, 6.07) is 17.4. The zero-order valence-corrected chi connectivity index (χ0v) is 18.4. The fourth-order valence-corrected chi connectivity index (χ4v) is 5.49. The van der Waals surface area contributed by atoms with Crippen molar-refractivity contribution in [1.29, 1.82) is 0 Å². The van der Waals surface area contributed by atoms with E-state index >= 15 is 0 Å². The van der Waals surface area contributed by atoms with E-state index in [0.29, 0.717) is 32.2 Å². The molecule has 0 fully saturated rings. The number of nitro groups is 1. The molecule has 10 heteroatoms. The molecule has 3 aromatic carbocycles. The van der Waals surface area contributed by atoms with Crippen LogP contribution in [0.25, 0.3) is 10.2 Å². The van der Waals surface area contributed by atoms with Crippen molar-refractivity contribution in [2.75, 3.05) is 10.7 Å². The summed E-state index contributed by atoms with van der Waals surface area (Å²) in [7, 11) is 0. The number of thiazole rings is 1. The second-order valence-corrected chi connectivity index (χ2v) is 9.39. The number of nitro benzene ring substituents is 1. The summed E-state index contributed by atoms with van der Waals surface area (Å²) in [4.78, 5) is 53.8. The van der Waals surface area contributed by atoms with Crippen LogP contribution in [0.5, 0.6) is 0 Å². The van der Waals surface area contributed by atoms with E-state index in [1.165, 1.54) is 47.4 Å². The highest BCUT2D eigenvalue weighted by molar-refractivity contribution is 8.01. The molecule has 0 saturated heterocycles. The number of aromatic nitrogens is 1. The number of anilines is 1. The normalized spacial score (nSPS) is 12.9. The Morgan fingerprint density at radius 3 is 2.30 bits per heavy atom. The van der Waals surface area contributed by atoms with Gasteiger partial charge in [0, 0.05) is 17.7 Å². The monoisotopic (exact) mass is 475 g/mol. The van der Waals surface area contributed by atoms with Gasteiger partial charge in [0.2, 0.25) is 0 Å². The number of nitrogens with zero attached hydrogens (tertiary/aromatic N) is 3. The van der Waals surface area contributed by atoms with Crippen molar-refractivity contribution in [2.24, 2.45) is 0 Å². The minimum absolute atomic E-state index is 0.0701. The van der Waals surface area contributed by atoms with Crippen LogP contribution in [0.3, 0.4) is 0 Å². The number of hydrogen-bond donors (Lipinski definition) is 0. The number of ketones is 1. The highest BCUT2D eigenvalue weighted by Crippen LogP contribution is 2.35. The predicted molar refractivity (Wildman–Crippen MR) is 125 cm³/mol. The maximum absolute atomic E-state index is 12.7. The SMILES string of the molecule is O=C(CSc1nc2ccc(N3C(=O)c4ccccc4C3=O)cc2s1)c1ccc([N+](=O)[O-])cc1. The van der Waals surface area contributed by atoms with Crippen LogP contribution < -0.4 is 4.90 Å². The molecule has 5 rings (SSSR count). The van der Waals surface area contributed by atoms with Crippen LogP contribution in [0, 0.1) is 10.1 Å². The van der Waals surface area contributed by atoms with Crippen LogP contribution in [0.4, 0.5) is 11.4 Å². The van der Waals surface area contributed by atoms with Gasteiger partial charge in [-0.25, -0.2) is 9.88 Å². The Hall–Kier alpha value is -3.89. The lowest BCUT2D eigenvalue weighted by Crippen LogP contribution is -2.29. The largest absolute Gasteiger partial charge is 0.293 e. The third-order valence-corrected chi connectivity index (χ3v) is 7.29. The summed E-state index contributed by atoms with van der Waals surface area (Å²) in [6.07, 6.45) is 0. The molecule has 0 saturated carbocycles. The van der Waals surface area contributed by atoms with E-state index in [1.807, 2.05) is 0 Å². The van der Waals surface area contributed by atoms with Gasteiger partial charge in [-0.05, 0) is 42.5 Å². The van der Waals surface area contributed by atoms with E-state index in [4.69, 9.17) is 0 Å². The van der Waals surface area contributed by atoms with Gasteiger partial charge in [-0.2, -0.15) is 0 Å². The number of imide groups is 1. The number of fused-ring (bicyclic) bond motifs is 2. The molecule has 1 aromatic heterocycles.